The zero-order valence-corrected chi connectivity index (χ0v) is 20.6. The summed E-state index contributed by atoms with van der Waals surface area (Å²) in [5.74, 6) is 0.970. The minimum Gasteiger partial charge on any atom is -0.492 e. The molecule has 1 aliphatic rings. The molecular formula is C27H26ClF3N2O4. The maximum Gasteiger partial charge on any atom is 0.417 e. The van der Waals surface area contributed by atoms with Crippen molar-refractivity contribution in [1.29, 1.82) is 0 Å². The number of hydrogen-bond donors (Lipinski definition) is 2. The molecule has 0 bridgehead atoms. The fourth-order valence-corrected chi connectivity index (χ4v) is 4.36. The van der Waals surface area contributed by atoms with Crippen LogP contribution in [0.15, 0.2) is 72.8 Å². The summed E-state index contributed by atoms with van der Waals surface area (Å²) in [5, 5.41) is 13.3. The van der Waals surface area contributed by atoms with Crippen molar-refractivity contribution in [3.63, 3.8) is 0 Å². The third-order valence-electron chi connectivity index (χ3n) is 6.22. The molecule has 0 spiro atoms. The van der Waals surface area contributed by atoms with E-state index in [0.717, 1.165) is 6.07 Å². The Kier molecular flexibility index (Phi) is 8.26. The number of benzene rings is 3. The molecule has 0 aliphatic carbocycles. The van der Waals surface area contributed by atoms with E-state index in [1.54, 1.807) is 48.5 Å². The van der Waals surface area contributed by atoms with E-state index in [1.165, 1.54) is 12.1 Å². The van der Waals surface area contributed by atoms with Gasteiger partial charge in [-0.3, -0.25) is 10.2 Å². The van der Waals surface area contributed by atoms with Crippen LogP contribution in [0.25, 0.3) is 0 Å². The van der Waals surface area contributed by atoms with Gasteiger partial charge in [0, 0.05) is 25.3 Å². The molecule has 1 fully saturated rings. The van der Waals surface area contributed by atoms with Crippen LogP contribution in [0, 0.1) is 0 Å². The van der Waals surface area contributed by atoms with Crippen molar-refractivity contribution in [2.45, 2.75) is 24.6 Å². The van der Waals surface area contributed by atoms with E-state index in [1.807, 2.05) is 6.07 Å². The molecule has 37 heavy (non-hydrogen) atoms. The van der Waals surface area contributed by atoms with E-state index >= 15 is 0 Å². The molecule has 6 nitrogen and oxygen atoms in total. The van der Waals surface area contributed by atoms with Crippen molar-refractivity contribution >= 4 is 23.4 Å². The molecule has 0 aromatic heterocycles. The standard InChI is InChI=1S/C27H26ClF3N2O4/c28-24-11-6-19(18-23(24)27(29,30)31)26(35)12-14-33(15-13-26)16-17-36-21-7-9-22(10-8-21)37-25(34)32-20-4-2-1-3-5-20/h1-11,18,35H,12-17H2,(H,32,34). The Morgan fingerprint density at radius 3 is 2.30 bits per heavy atom. The van der Waals surface area contributed by atoms with Crippen molar-refractivity contribution in [3.05, 3.63) is 88.9 Å². The summed E-state index contributed by atoms with van der Waals surface area (Å²) in [6, 6.07) is 19.2. The average molecular weight is 535 g/mol. The van der Waals surface area contributed by atoms with Gasteiger partial charge in [0.15, 0.2) is 0 Å². The number of para-hydroxylation sites is 1. The van der Waals surface area contributed by atoms with E-state index < -0.39 is 23.4 Å². The maximum atomic E-state index is 13.2. The molecule has 3 aromatic rings. The van der Waals surface area contributed by atoms with Gasteiger partial charge in [-0.15, -0.1) is 0 Å². The normalized spacial score (nSPS) is 15.7. The van der Waals surface area contributed by atoms with E-state index in [4.69, 9.17) is 21.1 Å². The number of ether oxygens (including phenoxy) is 2. The number of carbonyl (C=O) groups is 1. The number of nitrogens with one attached hydrogen (secondary N) is 1. The number of alkyl halides is 3. The fourth-order valence-electron chi connectivity index (χ4n) is 4.14. The van der Waals surface area contributed by atoms with Crippen molar-refractivity contribution in [2.24, 2.45) is 0 Å². The molecule has 1 aliphatic heterocycles. The largest absolute Gasteiger partial charge is 0.492 e. The molecule has 3 aromatic carbocycles. The summed E-state index contributed by atoms with van der Waals surface area (Å²) in [6.45, 7) is 1.98. The van der Waals surface area contributed by atoms with Crippen LogP contribution in [0.3, 0.4) is 0 Å². The van der Waals surface area contributed by atoms with Gasteiger partial charge in [0.1, 0.15) is 18.1 Å². The number of amides is 1. The zero-order valence-electron chi connectivity index (χ0n) is 19.8. The minimum absolute atomic E-state index is 0.222. The summed E-state index contributed by atoms with van der Waals surface area (Å²) in [4.78, 5) is 14.1. The van der Waals surface area contributed by atoms with Gasteiger partial charge in [0.25, 0.3) is 0 Å². The third kappa shape index (κ3) is 7.15. The number of aliphatic hydroxyl groups is 1. The molecule has 196 valence electrons. The van der Waals surface area contributed by atoms with Crippen LogP contribution in [0.4, 0.5) is 23.7 Å². The van der Waals surface area contributed by atoms with Crippen LogP contribution in [0.2, 0.25) is 5.02 Å². The van der Waals surface area contributed by atoms with Gasteiger partial charge >= 0.3 is 12.3 Å². The fraction of sp³-hybridized carbons (Fsp3) is 0.296. The second kappa shape index (κ2) is 11.4. The van der Waals surface area contributed by atoms with Gasteiger partial charge in [0.05, 0.1) is 16.2 Å². The van der Waals surface area contributed by atoms with Crippen LogP contribution in [-0.4, -0.2) is 42.3 Å². The summed E-state index contributed by atoms with van der Waals surface area (Å²) >= 11 is 5.71. The molecule has 1 saturated heterocycles. The lowest BCUT2D eigenvalue weighted by Crippen LogP contribution is -2.44. The van der Waals surface area contributed by atoms with Gasteiger partial charge in [0.2, 0.25) is 0 Å². The smallest absolute Gasteiger partial charge is 0.417 e. The molecule has 0 atom stereocenters. The minimum atomic E-state index is -4.58. The molecular weight excluding hydrogens is 509 g/mol. The first kappa shape index (κ1) is 26.8. The number of piperidine rings is 1. The first-order valence-corrected chi connectivity index (χ1v) is 12.1. The average Bonchev–Trinajstić information content (AvgIpc) is 2.86. The van der Waals surface area contributed by atoms with E-state index in [9.17, 15) is 23.1 Å². The quantitative estimate of drug-likeness (QED) is 0.370. The van der Waals surface area contributed by atoms with Gasteiger partial charge in [-0.05, 0) is 66.9 Å². The van der Waals surface area contributed by atoms with Gasteiger partial charge in [-0.1, -0.05) is 35.9 Å². The first-order valence-electron chi connectivity index (χ1n) is 11.7. The number of anilines is 1. The Morgan fingerprint density at radius 1 is 1.00 bits per heavy atom. The number of carbonyl (C=O) groups excluding carboxylic acids is 1. The van der Waals surface area contributed by atoms with Crippen molar-refractivity contribution in [2.75, 3.05) is 31.6 Å². The first-order chi connectivity index (χ1) is 17.6. The predicted molar refractivity (Wildman–Crippen MR) is 134 cm³/mol. The Labute approximate surface area is 217 Å². The lowest BCUT2D eigenvalue weighted by atomic mass is 9.83. The van der Waals surface area contributed by atoms with Crippen molar-refractivity contribution in [1.82, 2.24) is 4.90 Å². The molecule has 1 heterocycles. The highest BCUT2D eigenvalue weighted by molar-refractivity contribution is 6.31. The van der Waals surface area contributed by atoms with E-state index in [0.29, 0.717) is 56.3 Å². The molecule has 2 N–H and O–H groups in total. The topological polar surface area (TPSA) is 71.0 Å². The van der Waals surface area contributed by atoms with Crippen LogP contribution >= 0.6 is 11.6 Å². The number of halogens is 4. The SMILES string of the molecule is O=C(Nc1ccccc1)Oc1ccc(OCCN2CCC(O)(c3ccc(Cl)c(C(F)(F)F)c3)CC2)cc1. The third-order valence-corrected chi connectivity index (χ3v) is 6.55. The van der Waals surface area contributed by atoms with Crippen LogP contribution in [-0.2, 0) is 11.8 Å². The Bertz CT molecular complexity index is 1200. The summed E-state index contributed by atoms with van der Waals surface area (Å²) in [6.07, 6.45) is -4.59. The lowest BCUT2D eigenvalue weighted by Gasteiger charge is -2.38. The molecule has 0 radical (unpaired) electrons. The predicted octanol–water partition coefficient (Wildman–Crippen LogP) is 6.33. The number of hydrogen-bond acceptors (Lipinski definition) is 5. The monoisotopic (exact) mass is 534 g/mol. The van der Waals surface area contributed by atoms with Gasteiger partial charge in [-0.25, -0.2) is 4.79 Å². The van der Waals surface area contributed by atoms with Crippen LogP contribution in [0.5, 0.6) is 11.5 Å². The highest BCUT2D eigenvalue weighted by Crippen LogP contribution is 2.39. The van der Waals surface area contributed by atoms with Gasteiger partial charge in [-0.2, -0.15) is 13.2 Å². The lowest BCUT2D eigenvalue weighted by molar-refractivity contribution is -0.137. The van der Waals surface area contributed by atoms with Crippen molar-refractivity contribution < 1.29 is 32.5 Å². The number of nitrogens with zero attached hydrogens (tertiary/aromatic N) is 1. The molecule has 0 saturated carbocycles. The summed E-state index contributed by atoms with van der Waals surface area (Å²) in [5.41, 5.74) is -1.43. The van der Waals surface area contributed by atoms with Gasteiger partial charge < -0.3 is 14.6 Å². The van der Waals surface area contributed by atoms with E-state index in [-0.39, 0.29) is 10.6 Å². The molecule has 4 rings (SSSR count). The Morgan fingerprint density at radius 2 is 1.65 bits per heavy atom. The molecule has 1 amide bonds. The maximum absolute atomic E-state index is 13.2. The highest BCUT2D eigenvalue weighted by Gasteiger charge is 2.38. The highest BCUT2D eigenvalue weighted by atomic mass is 35.5. The van der Waals surface area contributed by atoms with Crippen LogP contribution < -0.4 is 14.8 Å². The summed E-state index contributed by atoms with van der Waals surface area (Å²) in [7, 11) is 0. The zero-order chi connectivity index (χ0) is 26.5. The molecule has 0 unspecified atom stereocenters. The van der Waals surface area contributed by atoms with Crippen molar-refractivity contribution in [3.8, 4) is 11.5 Å². The Hall–Kier alpha value is -3.27. The molecule has 10 heteroatoms. The second-order valence-corrected chi connectivity index (χ2v) is 9.17. The number of likely N-dealkylation sites (tertiary alicyclic amines) is 1. The Balaban J connectivity index is 1.22. The van der Waals surface area contributed by atoms with E-state index in [2.05, 4.69) is 10.2 Å². The summed E-state index contributed by atoms with van der Waals surface area (Å²) < 4.78 is 50.6. The second-order valence-electron chi connectivity index (χ2n) is 8.77. The number of rotatable bonds is 7. The van der Waals surface area contributed by atoms with Crippen LogP contribution in [0.1, 0.15) is 24.0 Å².